The smallest absolute Gasteiger partial charge is 0.259 e. The number of hydrogen-bond donors (Lipinski definition) is 1. The van der Waals surface area contributed by atoms with Gasteiger partial charge in [-0.3, -0.25) is 9.78 Å². The second kappa shape index (κ2) is 4.82. The average molecular weight is 253 g/mol. The summed E-state index contributed by atoms with van der Waals surface area (Å²) in [6.07, 6.45) is 3.93. The second-order valence-electron chi connectivity index (χ2n) is 3.29. The molecule has 0 aliphatic heterocycles. The van der Waals surface area contributed by atoms with Gasteiger partial charge in [0, 0.05) is 18.5 Å². The van der Waals surface area contributed by atoms with Crippen molar-refractivity contribution in [3.63, 3.8) is 0 Å². The molecule has 4 nitrogen and oxygen atoms in total. The molecule has 0 unspecified atom stereocenters. The monoisotopic (exact) mass is 253 g/mol. The predicted octanol–water partition coefficient (Wildman–Crippen LogP) is 2.15. The molecule has 0 saturated heterocycles. The van der Waals surface area contributed by atoms with Crippen LogP contribution in [0.25, 0.3) is 0 Å². The van der Waals surface area contributed by atoms with Crippen molar-refractivity contribution in [2.75, 3.05) is 5.32 Å². The summed E-state index contributed by atoms with van der Waals surface area (Å²) in [6, 6.07) is 0.789. The van der Waals surface area contributed by atoms with Crippen molar-refractivity contribution in [3.8, 4) is 0 Å². The van der Waals surface area contributed by atoms with Gasteiger partial charge in [0.25, 0.3) is 5.91 Å². The Hall–Kier alpha value is -2.44. The third-order valence-corrected chi connectivity index (χ3v) is 2.06. The van der Waals surface area contributed by atoms with Gasteiger partial charge in [0.15, 0.2) is 17.5 Å². The molecule has 1 N–H and O–H groups in total. The molecule has 92 valence electrons. The Labute approximate surface area is 99.5 Å². The van der Waals surface area contributed by atoms with Gasteiger partial charge in [0.2, 0.25) is 0 Å². The van der Waals surface area contributed by atoms with Crippen LogP contribution in [0.4, 0.5) is 19.0 Å². The molecule has 1 amide bonds. The van der Waals surface area contributed by atoms with E-state index in [-0.39, 0.29) is 5.82 Å². The fourth-order valence-electron chi connectivity index (χ4n) is 1.24. The topological polar surface area (TPSA) is 54.9 Å². The highest BCUT2D eigenvalue weighted by Crippen LogP contribution is 2.14. The van der Waals surface area contributed by atoms with Gasteiger partial charge in [-0.1, -0.05) is 0 Å². The van der Waals surface area contributed by atoms with Gasteiger partial charge >= 0.3 is 0 Å². The van der Waals surface area contributed by atoms with Crippen molar-refractivity contribution in [3.05, 3.63) is 53.7 Å². The van der Waals surface area contributed by atoms with Gasteiger partial charge in [-0.25, -0.2) is 18.2 Å². The summed E-state index contributed by atoms with van der Waals surface area (Å²) < 4.78 is 38.9. The number of aromatic nitrogens is 2. The van der Waals surface area contributed by atoms with E-state index in [9.17, 15) is 18.0 Å². The van der Waals surface area contributed by atoms with E-state index in [1.807, 2.05) is 0 Å². The molecule has 0 aliphatic carbocycles. The lowest BCUT2D eigenvalue weighted by Gasteiger charge is -2.05. The molecular formula is C11H6F3N3O. The third-order valence-electron chi connectivity index (χ3n) is 2.06. The molecule has 1 heterocycles. The van der Waals surface area contributed by atoms with Crippen LogP contribution in [0.1, 0.15) is 10.4 Å². The van der Waals surface area contributed by atoms with Crippen LogP contribution >= 0.6 is 0 Å². The van der Waals surface area contributed by atoms with Crippen LogP contribution in [0, 0.1) is 17.5 Å². The Balaban J connectivity index is 2.27. The van der Waals surface area contributed by atoms with Crippen LogP contribution in [0.2, 0.25) is 0 Å². The maximum Gasteiger partial charge on any atom is 0.259 e. The van der Waals surface area contributed by atoms with E-state index in [1.54, 1.807) is 0 Å². The first-order chi connectivity index (χ1) is 8.58. The van der Waals surface area contributed by atoms with Crippen molar-refractivity contribution >= 4 is 11.7 Å². The number of amides is 1. The van der Waals surface area contributed by atoms with Crippen LogP contribution < -0.4 is 5.32 Å². The van der Waals surface area contributed by atoms with Crippen molar-refractivity contribution in [2.45, 2.75) is 0 Å². The number of carbonyl (C=O) groups is 1. The fourth-order valence-corrected chi connectivity index (χ4v) is 1.24. The number of anilines is 1. The van der Waals surface area contributed by atoms with Gasteiger partial charge in [-0.05, 0) is 6.07 Å². The summed E-state index contributed by atoms with van der Waals surface area (Å²) in [5.74, 6) is -4.68. The summed E-state index contributed by atoms with van der Waals surface area (Å²) in [6.45, 7) is 0. The maximum atomic E-state index is 13.3. The molecule has 2 rings (SSSR count). The van der Waals surface area contributed by atoms with E-state index in [0.717, 1.165) is 0 Å². The summed E-state index contributed by atoms with van der Waals surface area (Å²) >= 11 is 0. The molecule has 2 aromatic rings. The Bertz CT molecular complexity index is 590. The molecule has 0 atom stereocenters. The standard InChI is InChI=1S/C11H6F3N3O/c12-7-4-9(14)8(13)3-6(7)11(18)17-10-5-15-1-2-16-10/h1-5H,(H,16,17,18). The largest absolute Gasteiger partial charge is 0.305 e. The summed E-state index contributed by atoms with van der Waals surface area (Å²) in [5.41, 5.74) is -0.612. The van der Waals surface area contributed by atoms with Crippen molar-refractivity contribution in [1.82, 2.24) is 9.97 Å². The van der Waals surface area contributed by atoms with E-state index in [0.29, 0.717) is 12.1 Å². The van der Waals surface area contributed by atoms with E-state index < -0.39 is 28.9 Å². The lowest BCUT2D eigenvalue weighted by molar-refractivity contribution is 0.102. The SMILES string of the molecule is O=C(Nc1cnccn1)c1cc(F)c(F)cc1F. The zero-order valence-corrected chi connectivity index (χ0v) is 8.82. The molecule has 0 spiro atoms. The quantitative estimate of drug-likeness (QED) is 0.834. The molecular weight excluding hydrogens is 247 g/mol. The lowest BCUT2D eigenvalue weighted by Crippen LogP contribution is -2.15. The minimum absolute atomic E-state index is 0.0756. The van der Waals surface area contributed by atoms with Gasteiger partial charge in [-0.15, -0.1) is 0 Å². The molecule has 18 heavy (non-hydrogen) atoms. The zero-order valence-electron chi connectivity index (χ0n) is 8.82. The van der Waals surface area contributed by atoms with Crippen molar-refractivity contribution < 1.29 is 18.0 Å². The molecule has 7 heteroatoms. The Morgan fingerprint density at radius 2 is 1.78 bits per heavy atom. The molecule has 0 radical (unpaired) electrons. The van der Waals surface area contributed by atoms with Crippen LogP contribution in [0.5, 0.6) is 0 Å². The Morgan fingerprint density at radius 3 is 2.44 bits per heavy atom. The van der Waals surface area contributed by atoms with Crippen LogP contribution in [-0.4, -0.2) is 15.9 Å². The van der Waals surface area contributed by atoms with Crippen molar-refractivity contribution in [2.24, 2.45) is 0 Å². The molecule has 1 aromatic heterocycles. The highest BCUT2D eigenvalue weighted by molar-refractivity contribution is 6.03. The van der Waals surface area contributed by atoms with Gasteiger partial charge < -0.3 is 5.32 Å². The highest BCUT2D eigenvalue weighted by atomic mass is 19.2. The molecule has 1 aromatic carbocycles. The number of nitrogens with one attached hydrogen (secondary N) is 1. The summed E-state index contributed by atoms with van der Waals surface area (Å²) in [5, 5.41) is 2.20. The Morgan fingerprint density at radius 1 is 1.06 bits per heavy atom. The van der Waals surface area contributed by atoms with Crippen molar-refractivity contribution in [1.29, 1.82) is 0 Å². The number of nitrogens with zero attached hydrogens (tertiary/aromatic N) is 2. The fraction of sp³-hybridized carbons (Fsp3) is 0. The minimum Gasteiger partial charge on any atom is -0.305 e. The molecule has 0 bridgehead atoms. The van der Waals surface area contributed by atoms with E-state index in [4.69, 9.17) is 0 Å². The molecule has 0 fully saturated rings. The third kappa shape index (κ3) is 2.45. The highest BCUT2D eigenvalue weighted by Gasteiger charge is 2.16. The number of halogens is 3. The van der Waals surface area contributed by atoms with Crippen LogP contribution in [-0.2, 0) is 0 Å². The minimum atomic E-state index is -1.36. The molecule has 0 saturated carbocycles. The number of rotatable bonds is 2. The van der Waals surface area contributed by atoms with Gasteiger partial charge in [-0.2, -0.15) is 0 Å². The van der Waals surface area contributed by atoms with Gasteiger partial charge in [0.05, 0.1) is 11.8 Å². The predicted molar refractivity (Wildman–Crippen MR) is 56.3 cm³/mol. The average Bonchev–Trinajstić information content (AvgIpc) is 2.35. The normalized spacial score (nSPS) is 10.2. The van der Waals surface area contributed by atoms with Crippen LogP contribution in [0.3, 0.4) is 0 Å². The first-order valence-corrected chi connectivity index (χ1v) is 4.80. The number of hydrogen-bond acceptors (Lipinski definition) is 3. The molecule has 0 aliphatic rings. The lowest BCUT2D eigenvalue weighted by atomic mass is 10.2. The maximum absolute atomic E-state index is 13.3. The van der Waals surface area contributed by atoms with Crippen LogP contribution in [0.15, 0.2) is 30.7 Å². The van der Waals surface area contributed by atoms with E-state index in [1.165, 1.54) is 18.6 Å². The van der Waals surface area contributed by atoms with Gasteiger partial charge in [0.1, 0.15) is 5.82 Å². The second-order valence-corrected chi connectivity index (χ2v) is 3.29. The summed E-state index contributed by atoms with van der Waals surface area (Å²) in [7, 11) is 0. The van der Waals surface area contributed by atoms with E-state index in [2.05, 4.69) is 15.3 Å². The first-order valence-electron chi connectivity index (χ1n) is 4.80. The number of carbonyl (C=O) groups excluding carboxylic acids is 1. The first kappa shape index (κ1) is 12.0. The zero-order chi connectivity index (χ0) is 13.1. The van der Waals surface area contributed by atoms with E-state index >= 15 is 0 Å². The summed E-state index contributed by atoms with van der Waals surface area (Å²) in [4.78, 5) is 19.0. The number of benzene rings is 1. The Kier molecular flexibility index (Phi) is 3.22.